The molecule has 1 aliphatic heterocycles. The van der Waals surface area contributed by atoms with Gasteiger partial charge in [-0.15, -0.1) is 0 Å². The first-order valence-corrected chi connectivity index (χ1v) is 9.10. The van der Waals surface area contributed by atoms with Gasteiger partial charge in [-0.2, -0.15) is 0 Å². The third kappa shape index (κ3) is 4.97. The van der Waals surface area contributed by atoms with Crippen molar-refractivity contribution < 1.29 is 27.4 Å². The second-order valence-corrected chi connectivity index (χ2v) is 7.56. The molecule has 2 N–H and O–H groups in total. The Morgan fingerprint density at radius 1 is 1.42 bits per heavy atom. The second-order valence-electron chi connectivity index (χ2n) is 5.82. The molecule has 0 aliphatic carbocycles. The van der Waals surface area contributed by atoms with E-state index in [1.54, 1.807) is 0 Å². The summed E-state index contributed by atoms with van der Waals surface area (Å²) in [6.07, 6.45) is 0. The number of carboxylic acids is 1. The molecule has 1 heterocycles. The van der Waals surface area contributed by atoms with Gasteiger partial charge in [0.1, 0.15) is 10.7 Å². The third-order valence-electron chi connectivity index (χ3n) is 3.76. The zero-order chi connectivity index (χ0) is 17.7. The molecule has 1 aliphatic rings. The minimum Gasteiger partial charge on any atom is -0.478 e. The van der Waals surface area contributed by atoms with Crippen LogP contribution in [0.5, 0.6) is 0 Å². The van der Waals surface area contributed by atoms with Crippen LogP contribution in [0.15, 0.2) is 23.1 Å². The smallest absolute Gasteiger partial charge is 0.335 e. The maximum Gasteiger partial charge on any atom is 0.335 e. The van der Waals surface area contributed by atoms with E-state index in [0.29, 0.717) is 25.8 Å². The van der Waals surface area contributed by atoms with Crippen LogP contribution in [0.4, 0.5) is 4.39 Å². The van der Waals surface area contributed by atoms with Gasteiger partial charge in [0.05, 0.1) is 18.8 Å². The molecule has 7 nitrogen and oxygen atoms in total. The molecule has 1 aromatic rings. The van der Waals surface area contributed by atoms with Gasteiger partial charge < -0.3 is 9.84 Å². The average Bonchev–Trinajstić information content (AvgIpc) is 2.53. The molecule has 2 rings (SSSR count). The Kier molecular flexibility index (Phi) is 6.27. The number of nitrogens with zero attached hydrogens (tertiary/aromatic N) is 1. The number of hydrogen-bond acceptors (Lipinski definition) is 5. The molecule has 1 unspecified atom stereocenters. The highest BCUT2D eigenvalue weighted by atomic mass is 32.2. The van der Waals surface area contributed by atoms with Crippen LogP contribution in [0, 0.1) is 11.7 Å². The minimum absolute atomic E-state index is 0.0410. The number of rotatable bonds is 7. The Bertz CT molecular complexity index is 689. The molecule has 1 atom stereocenters. The molecule has 0 radical (unpaired) electrons. The van der Waals surface area contributed by atoms with Gasteiger partial charge in [0, 0.05) is 26.2 Å². The first-order valence-electron chi connectivity index (χ1n) is 7.62. The van der Waals surface area contributed by atoms with Crippen LogP contribution in [0.3, 0.4) is 0 Å². The predicted octanol–water partition coefficient (Wildman–Crippen LogP) is 0.770. The summed E-state index contributed by atoms with van der Waals surface area (Å²) in [6, 6.07) is 2.74. The fourth-order valence-corrected chi connectivity index (χ4v) is 3.69. The lowest BCUT2D eigenvalue weighted by atomic mass is 10.1. The zero-order valence-electron chi connectivity index (χ0n) is 13.4. The normalized spacial score (nSPS) is 17.6. The summed E-state index contributed by atoms with van der Waals surface area (Å²) in [5.74, 6) is -2.35. The van der Waals surface area contributed by atoms with E-state index in [9.17, 15) is 17.6 Å². The van der Waals surface area contributed by atoms with Crippen LogP contribution in [0.2, 0.25) is 0 Å². The van der Waals surface area contributed by atoms with Crippen molar-refractivity contribution in [1.29, 1.82) is 0 Å². The average molecular weight is 360 g/mol. The molecule has 0 spiro atoms. The molecule has 0 saturated carbocycles. The lowest BCUT2D eigenvalue weighted by Crippen LogP contribution is -2.41. The monoisotopic (exact) mass is 360 g/mol. The summed E-state index contributed by atoms with van der Waals surface area (Å²) in [6.45, 7) is 5.73. The topological polar surface area (TPSA) is 95.9 Å². The molecule has 134 valence electrons. The number of morpholine rings is 1. The van der Waals surface area contributed by atoms with Gasteiger partial charge in [-0.25, -0.2) is 22.3 Å². The first-order chi connectivity index (χ1) is 11.3. The van der Waals surface area contributed by atoms with Crippen molar-refractivity contribution in [2.45, 2.75) is 11.8 Å². The van der Waals surface area contributed by atoms with E-state index < -0.39 is 26.7 Å². The largest absolute Gasteiger partial charge is 0.478 e. The van der Waals surface area contributed by atoms with Crippen LogP contribution in [-0.4, -0.2) is 63.8 Å². The lowest BCUT2D eigenvalue weighted by Gasteiger charge is -2.29. The molecule has 0 amide bonds. The van der Waals surface area contributed by atoms with E-state index in [-0.39, 0.29) is 18.0 Å². The Morgan fingerprint density at radius 2 is 2.08 bits per heavy atom. The zero-order valence-corrected chi connectivity index (χ0v) is 14.2. The number of halogens is 1. The lowest BCUT2D eigenvalue weighted by molar-refractivity contribution is 0.0321. The number of carbonyl (C=O) groups is 1. The van der Waals surface area contributed by atoms with E-state index in [1.807, 2.05) is 6.92 Å². The Balaban J connectivity index is 1.96. The molecule has 1 aromatic carbocycles. The minimum atomic E-state index is -4.03. The Hall–Kier alpha value is -1.55. The van der Waals surface area contributed by atoms with Crippen molar-refractivity contribution in [1.82, 2.24) is 9.62 Å². The van der Waals surface area contributed by atoms with Crippen molar-refractivity contribution >= 4 is 16.0 Å². The number of nitrogens with one attached hydrogen (secondary N) is 1. The second kappa shape index (κ2) is 8.02. The van der Waals surface area contributed by atoms with E-state index >= 15 is 0 Å². The van der Waals surface area contributed by atoms with Gasteiger partial charge in [0.2, 0.25) is 10.0 Å². The summed E-state index contributed by atoms with van der Waals surface area (Å²) >= 11 is 0. The van der Waals surface area contributed by atoms with Crippen molar-refractivity contribution in [2.24, 2.45) is 5.92 Å². The molecular weight excluding hydrogens is 339 g/mol. The van der Waals surface area contributed by atoms with Gasteiger partial charge in [0.25, 0.3) is 0 Å². The molecular formula is C15H21FN2O5S. The first kappa shape index (κ1) is 18.8. The number of ether oxygens (including phenoxy) is 1. The highest BCUT2D eigenvalue weighted by Gasteiger charge is 2.22. The number of carboxylic acid groups (broad SMARTS) is 1. The predicted molar refractivity (Wildman–Crippen MR) is 85.0 cm³/mol. The van der Waals surface area contributed by atoms with E-state index in [0.717, 1.165) is 25.2 Å². The van der Waals surface area contributed by atoms with Crippen LogP contribution in [0.25, 0.3) is 0 Å². The molecule has 1 saturated heterocycles. The SMILES string of the molecule is CC(CNS(=O)(=O)c1ccc(C(=O)O)cc1F)CN1CCOCC1. The van der Waals surface area contributed by atoms with Crippen molar-refractivity contribution in [3.05, 3.63) is 29.6 Å². The number of hydrogen-bond donors (Lipinski definition) is 2. The maximum absolute atomic E-state index is 13.9. The van der Waals surface area contributed by atoms with Gasteiger partial charge in [-0.05, 0) is 24.1 Å². The molecule has 0 aromatic heterocycles. The Labute approximate surface area is 140 Å². The van der Waals surface area contributed by atoms with Crippen LogP contribution < -0.4 is 4.72 Å². The summed E-state index contributed by atoms with van der Waals surface area (Å²) in [5.41, 5.74) is -0.299. The summed E-state index contributed by atoms with van der Waals surface area (Å²) < 4.78 is 45.9. The third-order valence-corrected chi connectivity index (χ3v) is 5.22. The summed E-state index contributed by atoms with van der Waals surface area (Å²) in [5, 5.41) is 8.79. The van der Waals surface area contributed by atoms with Gasteiger partial charge in [0.15, 0.2) is 0 Å². The highest BCUT2D eigenvalue weighted by Crippen LogP contribution is 2.16. The fourth-order valence-electron chi connectivity index (χ4n) is 2.47. The number of aromatic carboxylic acids is 1. The van der Waals surface area contributed by atoms with Crippen LogP contribution >= 0.6 is 0 Å². The molecule has 24 heavy (non-hydrogen) atoms. The van der Waals surface area contributed by atoms with E-state index in [4.69, 9.17) is 9.84 Å². The van der Waals surface area contributed by atoms with Gasteiger partial charge in [-0.1, -0.05) is 6.92 Å². The fraction of sp³-hybridized carbons (Fsp3) is 0.533. The number of benzene rings is 1. The Morgan fingerprint density at radius 3 is 2.67 bits per heavy atom. The van der Waals surface area contributed by atoms with Crippen LogP contribution in [-0.2, 0) is 14.8 Å². The van der Waals surface area contributed by atoms with E-state index in [1.165, 1.54) is 0 Å². The summed E-state index contributed by atoms with van der Waals surface area (Å²) in [7, 11) is -4.03. The molecule has 9 heteroatoms. The van der Waals surface area contributed by atoms with E-state index in [2.05, 4.69) is 9.62 Å². The summed E-state index contributed by atoms with van der Waals surface area (Å²) in [4.78, 5) is 12.4. The van der Waals surface area contributed by atoms with Crippen LogP contribution in [0.1, 0.15) is 17.3 Å². The maximum atomic E-state index is 13.9. The number of sulfonamides is 1. The molecule has 0 bridgehead atoms. The van der Waals surface area contributed by atoms with Crippen molar-refractivity contribution in [3.63, 3.8) is 0 Å². The van der Waals surface area contributed by atoms with Gasteiger partial charge >= 0.3 is 5.97 Å². The quantitative estimate of drug-likeness (QED) is 0.746. The van der Waals surface area contributed by atoms with Crippen molar-refractivity contribution in [3.8, 4) is 0 Å². The molecule has 1 fully saturated rings. The standard InChI is InChI=1S/C15H21FN2O5S/c1-11(10-18-4-6-23-7-5-18)9-17-24(21,22)14-3-2-12(15(19)20)8-13(14)16/h2-3,8,11,17H,4-7,9-10H2,1H3,(H,19,20). The van der Waals surface area contributed by atoms with Crippen molar-refractivity contribution in [2.75, 3.05) is 39.4 Å². The highest BCUT2D eigenvalue weighted by molar-refractivity contribution is 7.89. The van der Waals surface area contributed by atoms with Gasteiger partial charge in [-0.3, -0.25) is 4.90 Å².